The third-order valence-corrected chi connectivity index (χ3v) is 5.48. The zero-order chi connectivity index (χ0) is 19.6. The molecule has 0 radical (unpaired) electrons. The average Bonchev–Trinajstić information content (AvgIpc) is 3.05. The van der Waals surface area contributed by atoms with Crippen LogP contribution in [0.5, 0.6) is 0 Å². The molecule has 0 aliphatic rings. The number of nitrogens with zero attached hydrogens (tertiary/aromatic N) is 3. The van der Waals surface area contributed by atoms with Crippen LogP contribution in [0.3, 0.4) is 0 Å². The number of carbonyl (C=O) groups excluding carboxylic acids is 1. The number of carbonyl (C=O) groups is 1. The van der Waals surface area contributed by atoms with Gasteiger partial charge in [0.25, 0.3) is 0 Å². The third kappa shape index (κ3) is 4.39. The van der Waals surface area contributed by atoms with Crippen molar-refractivity contribution < 1.29 is 4.79 Å². The van der Waals surface area contributed by atoms with Gasteiger partial charge in [-0.05, 0) is 57.9 Å². The second-order valence-corrected chi connectivity index (χ2v) is 8.15. The summed E-state index contributed by atoms with van der Waals surface area (Å²) in [5.74, 6) is -0.0536. The van der Waals surface area contributed by atoms with Crippen LogP contribution in [-0.2, 0) is 4.79 Å². The van der Waals surface area contributed by atoms with Gasteiger partial charge >= 0.3 is 0 Å². The lowest BCUT2D eigenvalue weighted by atomic mass is 10.1. The summed E-state index contributed by atoms with van der Waals surface area (Å²) in [7, 11) is 0. The average molecular weight is 381 g/mol. The summed E-state index contributed by atoms with van der Waals surface area (Å²) in [6, 6.07) is 12.2. The van der Waals surface area contributed by atoms with Gasteiger partial charge in [0.05, 0.1) is 10.9 Å². The Hall–Kier alpha value is -2.60. The van der Waals surface area contributed by atoms with Gasteiger partial charge in [0.15, 0.2) is 5.16 Å². The minimum atomic E-state index is -0.306. The molecule has 0 saturated heterocycles. The molecule has 0 bridgehead atoms. The van der Waals surface area contributed by atoms with Crippen LogP contribution in [0.1, 0.15) is 29.2 Å². The van der Waals surface area contributed by atoms with E-state index in [0.29, 0.717) is 5.16 Å². The number of aryl methyl sites for hydroxylation is 4. The van der Waals surface area contributed by atoms with Crippen molar-refractivity contribution in [1.29, 1.82) is 0 Å². The lowest BCUT2D eigenvalue weighted by Crippen LogP contribution is -2.23. The maximum absolute atomic E-state index is 12.6. The van der Waals surface area contributed by atoms with Gasteiger partial charge in [-0.3, -0.25) is 9.36 Å². The van der Waals surface area contributed by atoms with Crippen LogP contribution in [0.15, 0.2) is 47.9 Å². The van der Waals surface area contributed by atoms with Gasteiger partial charge in [0.1, 0.15) is 6.33 Å². The molecule has 3 rings (SSSR count). The third-order valence-electron chi connectivity index (χ3n) is 4.42. The fourth-order valence-corrected chi connectivity index (χ4v) is 3.78. The first kappa shape index (κ1) is 19.2. The predicted octanol–water partition coefficient (Wildman–Crippen LogP) is 4.62. The predicted molar refractivity (Wildman–Crippen MR) is 111 cm³/mol. The summed E-state index contributed by atoms with van der Waals surface area (Å²) in [5.41, 5.74) is 6.45. The molecular formula is C21H24N4OS. The maximum atomic E-state index is 12.6. The van der Waals surface area contributed by atoms with Gasteiger partial charge in [-0.1, -0.05) is 47.2 Å². The van der Waals surface area contributed by atoms with Gasteiger partial charge in [-0.15, -0.1) is 10.2 Å². The number of hydrogen-bond donors (Lipinski definition) is 1. The van der Waals surface area contributed by atoms with Crippen molar-refractivity contribution in [3.63, 3.8) is 0 Å². The fraction of sp³-hybridized carbons (Fsp3) is 0.286. The number of nitrogens with one attached hydrogen (secondary N) is 1. The second kappa shape index (κ2) is 7.96. The highest BCUT2D eigenvalue weighted by molar-refractivity contribution is 8.00. The van der Waals surface area contributed by atoms with Crippen molar-refractivity contribution in [1.82, 2.24) is 14.8 Å². The van der Waals surface area contributed by atoms with E-state index in [1.807, 2.05) is 37.5 Å². The highest BCUT2D eigenvalue weighted by Crippen LogP contribution is 2.27. The first-order valence-electron chi connectivity index (χ1n) is 8.87. The Morgan fingerprint density at radius 2 is 1.70 bits per heavy atom. The zero-order valence-electron chi connectivity index (χ0n) is 16.3. The molecule has 27 heavy (non-hydrogen) atoms. The van der Waals surface area contributed by atoms with Gasteiger partial charge < -0.3 is 5.32 Å². The molecule has 5 nitrogen and oxygen atoms in total. The number of amides is 1. The van der Waals surface area contributed by atoms with Crippen LogP contribution in [0.4, 0.5) is 5.69 Å². The molecule has 0 saturated carbocycles. The molecule has 1 atom stereocenters. The number of thioether (sulfide) groups is 1. The molecule has 0 aliphatic heterocycles. The van der Waals surface area contributed by atoms with Crippen molar-refractivity contribution in [2.45, 2.75) is 45.0 Å². The maximum Gasteiger partial charge on any atom is 0.237 e. The Balaban J connectivity index is 1.76. The molecule has 1 amide bonds. The van der Waals surface area contributed by atoms with Crippen LogP contribution < -0.4 is 5.32 Å². The first-order valence-corrected chi connectivity index (χ1v) is 9.75. The van der Waals surface area contributed by atoms with Crippen LogP contribution in [0, 0.1) is 27.7 Å². The molecule has 6 heteroatoms. The van der Waals surface area contributed by atoms with E-state index < -0.39 is 0 Å². The summed E-state index contributed by atoms with van der Waals surface area (Å²) >= 11 is 1.40. The molecule has 1 N–H and O–H groups in total. The number of benzene rings is 2. The smallest absolute Gasteiger partial charge is 0.237 e. The fourth-order valence-electron chi connectivity index (χ4n) is 2.95. The Morgan fingerprint density at radius 1 is 1.04 bits per heavy atom. The van der Waals surface area contributed by atoms with E-state index in [9.17, 15) is 4.79 Å². The van der Waals surface area contributed by atoms with E-state index >= 15 is 0 Å². The number of rotatable bonds is 5. The number of hydrogen-bond acceptors (Lipinski definition) is 4. The molecular weight excluding hydrogens is 356 g/mol. The lowest BCUT2D eigenvalue weighted by Gasteiger charge is -2.15. The Bertz CT molecular complexity index is 980. The SMILES string of the molecule is Cc1ccc(NC(=O)C(C)Sc2nncn2-c2ccc(C)cc2C)c(C)c1. The van der Waals surface area contributed by atoms with Crippen molar-refractivity contribution in [2.24, 2.45) is 0 Å². The highest BCUT2D eigenvalue weighted by Gasteiger charge is 2.19. The summed E-state index contributed by atoms with van der Waals surface area (Å²) in [6.07, 6.45) is 1.69. The summed E-state index contributed by atoms with van der Waals surface area (Å²) < 4.78 is 1.93. The van der Waals surface area contributed by atoms with Gasteiger partial charge in [-0.25, -0.2) is 0 Å². The molecule has 140 valence electrons. The topological polar surface area (TPSA) is 59.8 Å². The van der Waals surface area contributed by atoms with E-state index in [1.165, 1.54) is 22.9 Å². The molecule has 1 aromatic heterocycles. The van der Waals surface area contributed by atoms with Crippen LogP contribution in [0.2, 0.25) is 0 Å². The summed E-state index contributed by atoms with van der Waals surface area (Å²) in [6.45, 7) is 10.0. The molecule has 0 aliphatic carbocycles. The van der Waals surface area contributed by atoms with E-state index in [2.05, 4.69) is 53.6 Å². The summed E-state index contributed by atoms with van der Waals surface area (Å²) in [4.78, 5) is 12.6. The van der Waals surface area contributed by atoms with Crippen molar-refractivity contribution in [3.05, 3.63) is 65.0 Å². The van der Waals surface area contributed by atoms with E-state index in [0.717, 1.165) is 22.5 Å². The normalized spacial score (nSPS) is 12.0. The molecule has 1 unspecified atom stereocenters. The summed E-state index contributed by atoms with van der Waals surface area (Å²) in [5, 5.41) is 11.7. The molecule has 0 spiro atoms. The first-order chi connectivity index (χ1) is 12.8. The van der Waals surface area contributed by atoms with Gasteiger partial charge in [0, 0.05) is 5.69 Å². The van der Waals surface area contributed by atoms with Crippen molar-refractivity contribution in [2.75, 3.05) is 5.32 Å². The van der Waals surface area contributed by atoms with E-state index in [1.54, 1.807) is 6.33 Å². The minimum Gasteiger partial charge on any atom is -0.325 e. The molecule has 3 aromatic rings. The van der Waals surface area contributed by atoms with E-state index in [-0.39, 0.29) is 11.2 Å². The lowest BCUT2D eigenvalue weighted by molar-refractivity contribution is -0.115. The Kier molecular flexibility index (Phi) is 5.65. The minimum absolute atomic E-state index is 0.0536. The Morgan fingerprint density at radius 3 is 2.37 bits per heavy atom. The van der Waals surface area contributed by atoms with Crippen molar-refractivity contribution >= 4 is 23.4 Å². The quantitative estimate of drug-likeness (QED) is 0.656. The zero-order valence-corrected chi connectivity index (χ0v) is 17.1. The van der Waals surface area contributed by atoms with Gasteiger partial charge in [-0.2, -0.15) is 0 Å². The Labute approximate surface area is 164 Å². The molecule has 2 aromatic carbocycles. The van der Waals surface area contributed by atoms with Crippen LogP contribution in [-0.4, -0.2) is 25.9 Å². The number of aromatic nitrogens is 3. The number of anilines is 1. The monoisotopic (exact) mass is 380 g/mol. The largest absolute Gasteiger partial charge is 0.325 e. The molecule has 1 heterocycles. The van der Waals surface area contributed by atoms with Crippen LogP contribution in [0.25, 0.3) is 5.69 Å². The van der Waals surface area contributed by atoms with Crippen molar-refractivity contribution in [3.8, 4) is 5.69 Å². The highest BCUT2D eigenvalue weighted by atomic mass is 32.2. The second-order valence-electron chi connectivity index (χ2n) is 6.84. The standard InChI is InChI=1S/C21H24N4OS/c1-13-6-8-18(15(3)10-13)23-20(26)17(5)27-21-24-22-12-25(21)19-9-7-14(2)11-16(19)4/h6-12,17H,1-5H3,(H,23,26). The molecule has 0 fully saturated rings. The van der Waals surface area contributed by atoms with Crippen LogP contribution >= 0.6 is 11.8 Å². The van der Waals surface area contributed by atoms with Gasteiger partial charge in [0.2, 0.25) is 5.91 Å². The van der Waals surface area contributed by atoms with E-state index in [4.69, 9.17) is 0 Å².